The summed E-state index contributed by atoms with van der Waals surface area (Å²) in [6.07, 6.45) is -5.95. The van der Waals surface area contributed by atoms with Crippen molar-refractivity contribution in [1.29, 1.82) is 0 Å². The number of hydrogen-bond donors (Lipinski definition) is 0. The summed E-state index contributed by atoms with van der Waals surface area (Å²) < 4.78 is 102. The molecule has 0 spiro atoms. The number of nitrogens with zero attached hydrogens (tertiary/aromatic N) is 3. The van der Waals surface area contributed by atoms with Gasteiger partial charge in [-0.15, -0.1) is 11.3 Å². The molecule has 0 amide bonds. The van der Waals surface area contributed by atoms with Crippen LogP contribution < -0.4 is 0 Å². The van der Waals surface area contributed by atoms with E-state index in [0.717, 1.165) is 23.6 Å². The molecular formula is C17H11F6N3O2S2. The average molecular weight is 467 g/mol. The van der Waals surface area contributed by atoms with Gasteiger partial charge in [0.2, 0.25) is 0 Å². The van der Waals surface area contributed by atoms with E-state index in [1.165, 1.54) is 13.1 Å². The van der Waals surface area contributed by atoms with Gasteiger partial charge < -0.3 is 0 Å². The van der Waals surface area contributed by atoms with E-state index in [2.05, 4.69) is 15.0 Å². The highest BCUT2D eigenvalue weighted by Crippen LogP contribution is 2.38. The van der Waals surface area contributed by atoms with Crippen LogP contribution in [0.1, 0.15) is 18.1 Å². The van der Waals surface area contributed by atoms with E-state index in [4.69, 9.17) is 0 Å². The third-order valence-electron chi connectivity index (χ3n) is 3.95. The number of sulfone groups is 1. The fraction of sp³-hybridized carbons (Fsp3) is 0.235. The number of rotatable bonds is 4. The molecule has 0 radical (unpaired) electrons. The molecule has 0 aliphatic carbocycles. The maximum atomic E-state index is 13.0. The van der Waals surface area contributed by atoms with Gasteiger partial charge >= 0.3 is 12.4 Å². The standard InChI is InChI=1S/C17H11F6N3O2S2/c1-2-30(27,28)13-4-11(17(21,22)23)7-25-14(13)15-26-8-12(29-15)9-3-10(6-24-5-9)16(18,19)20/h3-8H,2H2,1H3. The third kappa shape index (κ3) is 4.46. The zero-order chi connectivity index (χ0) is 22.3. The SMILES string of the molecule is CCS(=O)(=O)c1cc(C(F)(F)F)cnc1-c1ncc(-c2cncc(C(F)(F)F)c2)s1. The molecule has 30 heavy (non-hydrogen) atoms. The quantitative estimate of drug-likeness (QED) is 0.500. The molecule has 0 saturated carbocycles. The lowest BCUT2D eigenvalue weighted by atomic mass is 10.2. The lowest BCUT2D eigenvalue weighted by Gasteiger charge is -2.11. The molecule has 3 aromatic heterocycles. The summed E-state index contributed by atoms with van der Waals surface area (Å²) in [5.41, 5.74) is -2.46. The van der Waals surface area contributed by atoms with Crippen molar-refractivity contribution in [2.75, 3.05) is 5.75 Å². The molecule has 0 saturated heterocycles. The van der Waals surface area contributed by atoms with E-state index in [1.807, 2.05) is 0 Å². The van der Waals surface area contributed by atoms with Crippen molar-refractivity contribution in [3.05, 3.63) is 48.0 Å². The van der Waals surface area contributed by atoms with Crippen LogP contribution in [0.25, 0.3) is 21.1 Å². The summed E-state index contributed by atoms with van der Waals surface area (Å²) in [6.45, 7) is 1.26. The Morgan fingerprint density at radius 1 is 0.900 bits per heavy atom. The van der Waals surface area contributed by atoms with Gasteiger partial charge in [0, 0.05) is 30.4 Å². The Hall–Kier alpha value is -2.54. The second kappa shape index (κ2) is 7.61. The molecule has 0 bridgehead atoms. The molecule has 0 aromatic carbocycles. The van der Waals surface area contributed by atoms with Crippen molar-refractivity contribution in [2.45, 2.75) is 24.2 Å². The van der Waals surface area contributed by atoms with Crippen LogP contribution in [0.15, 0.2) is 41.8 Å². The van der Waals surface area contributed by atoms with Crippen LogP contribution in [-0.4, -0.2) is 29.1 Å². The van der Waals surface area contributed by atoms with E-state index in [0.29, 0.717) is 18.5 Å². The lowest BCUT2D eigenvalue weighted by Crippen LogP contribution is -2.12. The summed E-state index contributed by atoms with van der Waals surface area (Å²) in [7, 11) is -4.10. The smallest absolute Gasteiger partial charge is 0.263 e. The minimum absolute atomic E-state index is 0.0526. The van der Waals surface area contributed by atoms with Crippen molar-refractivity contribution < 1.29 is 34.8 Å². The Morgan fingerprint density at radius 3 is 2.13 bits per heavy atom. The number of hydrogen-bond acceptors (Lipinski definition) is 6. The highest BCUT2D eigenvalue weighted by atomic mass is 32.2. The summed E-state index contributed by atoms with van der Waals surface area (Å²) in [4.78, 5) is 10.7. The van der Waals surface area contributed by atoms with Crippen LogP contribution in [0.3, 0.4) is 0 Å². The van der Waals surface area contributed by atoms with Gasteiger partial charge in [-0.3, -0.25) is 9.97 Å². The summed E-state index contributed by atoms with van der Waals surface area (Å²) >= 11 is 0.786. The Bertz CT molecular complexity index is 1190. The Balaban J connectivity index is 2.12. The molecule has 13 heteroatoms. The zero-order valence-electron chi connectivity index (χ0n) is 14.9. The van der Waals surface area contributed by atoms with Crippen LogP contribution in [0.5, 0.6) is 0 Å². The summed E-state index contributed by atoms with van der Waals surface area (Å²) in [6, 6.07) is 1.32. The number of pyridine rings is 2. The molecule has 0 fully saturated rings. The Labute approximate surface area is 170 Å². The molecule has 3 rings (SSSR count). The molecule has 0 atom stereocenters. The van der Waals surface area contributed by atoms with Crippen LogP contribution >= 0.6 is 11.3 Å². The van der Waals surface area contributed by atoms with E-state index < -0.39 is 44.0 Å². The lowest BCUT2D eigenvalue weighted by molar-refractivity contribution is -0.138. The van der Waals surface area contributed by atoms with Crippen molar-refractivity contribution in [3.63, 3.8) is 0 Å². The van der Waals surface area contributed by atoms with Crippen LogP contribution in [0.4, 0.5) is 26.3 Å². The summed E-state index contributed by atoms with van der Waals surface area (Å²) in [5.74, 6) is -0.473. The molecule has 0 aliphatic rings. The van der Waals surface area contributed by atoms with Gasteiger partial charge in [-0.05, 0) is 12.1 Å². The number of alkyl halides is 6. The van der Waals surface area contributed by atoms with Gasteiger partial charge in [-0.25, -0.2) is 13.4 Å². The van der Waals surface area contributed by atoms with Gasteiger partial charge in [-0.2, -0.15) is 26.3 Å². The molecule has 3 aromatic rings. The topological polar surface area (TPSA) is 72.8 Å². The molecule has 3 heterocycles. The molecule has 5 nitrogen and oxygen atoms in total. The first-order valence-electron chi connectivity index (χ1n) is 8.11. The largest absolute Gasteiger partial charge is 0.417 e. The molecule has 0 aliphatic heterocycles. The number of halogens is 6. The number of aromatic nitrogens is 3. The van der Waals surface area contributed by atoms with Crippen molar-refractivity contribution in [3.8, 4) is 21.1 Å². The maximum Gasteiger partial charge on any atom is 0.417 e. The average Bonchev–Trinajstić information content (AvgIpc) is 3.16. The highest BCUT2D eigenvalue weighted by molar-refractivity contribution is 7.91. The second-order valence-corrected chi connectivity index (χ2v) is 9.24. The second-order valence-electron chi connectivity index (χ2n) is 5.96. The van der Waals surface area contributed by atoms with Crippen LogP contribution in [0.2, 0.25) is 0 Å². The number of thiazole rings is 1. The van der Waals surface area contributed by atoms with Crippen LogP contribution in [0, 0.1) is 0 Å². The maximum absolute atomic E-state index is 13.0. The van der Waals surface area contributed by atoms with E-state index >= 15 is 0 Å². The fourth-order valence-electron chi connectivity index (χ4n) is 2.40. The van der Waals surface area contributed by atoms with Gasteiger partial charge in [0.1, 0.15) is 10.7 Å². The monoisotopic (exact) mass is 467 g/mol. The zero-order valence-corrected chi connectivity index (χ0v) is 16.5. The van der Waals surface area contributed by atoms with Crippen molar-refractivity contribution >= 4 is 21.2 Å². The van der Waals surface area contributed by atoms with Gasteiger partial charge in [0.15, 0.2) is 9.84 Å². The van der Waals surface area contributed by atoms with Crippen molar-refractivity contribution in [1.82, 2.24) is 15.0 Å². The predicted octanol–water partition coefficient (Wildman–Crippen LogP) is 5.10. The molecule has 160 valence electrons. The van der Waals surface area contributed by atoms with Gasteiger partial charge in [0.25, 0.3) is 0 Å². The fourth-order valence-corrected chi connectivity index (χ4v) is 4.43. The highest BCUT2D eigenvalue weighted by Gasteiger charge is 2.34. The minimum atomic E-state index is -4.80. The molecule has 0 N–H and O–H groups in total. The van der Waals surface area contributed by atoms with E-state index in [9.17, 15) is 34.8 Å². The first-order chi connectivity index (χ1) is 13.8. The van der Waals surface area contributed by atoms with E-state index in [-0.39, 0.29) is 21.1 Å². The van der Waals surface area contributed by atoms with Gasteiger partial charge in [0.05, 0.1) is 26.7 Å². The van der Waals surface area contributed by atoms with Gasteiger partial charge in [-0.1, -0.05) is 6.92 Å². The third-order valence-corrected chi connectivity index (χ3v) is 6.75. The molecule has 0 unspecified atom stereocenters. The summed E-state index contributed by atoms with van der Waals surface area (Å²) in [5, 5.41) is -0.0526. The first kappa shape index (κ1) is 22.2. The first-order valence-corrected chi connectivity index (χ1v) is 10.6. The normalized spacial score (nSPS) is 12.9. The Morgan fingerprint density at radius 2 is 1.53 bits per heavy atom. The van der Waals surface area contributed by atoms with E-state index in [1.54, 1.807) is 0 Å². The molecular weight excluding hydrogens is 456 g/mol. The predicted molar refractivity (Wildman–Crippen MR) is 96.3 cm³/mol. The minimum Gasteiger partial charge on any atom is -0.263 e. The Kier molecular flexibility index (Phi) is 5.62. The van der Waals surface area contributed by atoms with Crippen molar-refractivity contribution in [2.24, 2.45) is 0 Å². The van der Waals surface area contributed by atoms with Crippen LogP contribution in [-0.2, 0) is 22.2 Å².